The zero-order valence-corrected chi connectivity index (χ0v) is 19.6. The lowest BCUT2D eigenvalue weighted by Crippen LogP contribution is -2.38. The van der Waals surface area contributed by atoms with Crippen LogP contribution < -0.4 is 5.32 Å². The summed E-state index contributed by atoms with van der Waals surface area (Å²) in [5, 5.41) is 6.92. The molecule has 9 heteroatoms. The van der Waals surface area contributed by atoms with E-state index in [0.29, 0.717) is 49.8 Å². The molecule has 0 radical (unpaired) electrons. The van der Waals surface area contributed by atoms with Crippen LogP contribution in [-0.2, 0) is 14.8 Å². The van der Waals surface area contributed by atoms with Crippen LogP contribution in [0.25, 0.3) is 11.5 Å². The molecule has 1 amide bonds. The molecule has 0 aliphatic carbocycles. The number of piperidine rings is 1. The number of nitrogens with zero attached hydrogens (tertiary/aromatic N) is 3. The first-order chi connectivity index (χ1) is 15.8. The van der Waals surface area contributed by atoms with Gasteiger partial charge in [-0.25, -0.2) is 8.42 Å². The van der Waals surface area contributed by atoms with Gasteiger partial charge in [0.05, 0.1) is 4.90 Å². The highest BCUT2D eigenvalue weighted by Gasteiger charge is 2.32. The fourth-order valence-corrected chi connectivity index (χ4v) is 5.36. The van der Waals surface area contributed by atoms with E-state index >= 15 is 0 Å². The van der Waals surface area contributed by atoms with Crippen LogP contribution in [0.3, 0.4) is 0 Å². The van der Waals surface area contributed by atoms with Gasteiger partial charge < -0.3 is 9.84 Å². The van der Waals surface area contributed by atoms with Crippen LogP contribution in [0, 0.1) is 5.92 Å². The number of nitrogens with one attached hydrogen (secondary N) is 1. The maximum atomic E-state index is 13.1. The van der Waals surface area contributed by atoms with E-state index < -0.39 is 10.0 Å². The van der Waals surface area contributed by atoms with E-state index in [1.165, 1.54) is 16.4 Å². The number of hydrogen-bond acceptors (Lipinski definition) is 6. The van der Waals surface area contributed by atoms with Crippen LogP contribution >= 0.6 is 0 Å². The highest BCUT2D eigenvalue weighted by atomic mass is 32.2. The Morgan fingerprint density at radius 2 is 1.76 bits per heavy atom. The molecule has 2 aromatic carbocycles. The topological polar surface area (TPSA) is 105 Å². The van der Waals surface area contributed by atoms with Gasteiger partial charge in [0.15, 0.2) is 5.82 Å². The highest BCUT2D eigenvalue weighted by Crippen LogP contribution is 2.31. The molecule has 2 heterocycles. The maximum absolute atomic E-state index is 13.1. The maximum Gasteiger partial charge on any atom is 0.257 e. The van der Waals surface area contributed by atoms with E-state index in [1.54, 1.807) is 12.1 Å². The second-order valence-corrected chi connectivity index (χ2v) is 10.6. The Bertz CT molecular complexity index is 1180. The third kappa shape index (κ3) is 5.48. The summed E-state index contributed by atoms with van der Waals surface area (Å²) in [4.78, 5) is 16.7. The minimum atomic E-state index is -3.61. The molecule has 0 spiro atoms. The molecule has 0 bridgehead atoms. The molecule has 174 valence electrons. The lowest BCUT2D eigenvalue weighted by Gasteiger charge is -2.29. The summed E-state index contributed by atoms with van der Waals surface area (Å²) >= 11 is 0. The number of anilines is 1. The average molecular weight is 469 g/mol. The molecule has 1 aliphatic rings. The Balaban J connectivity index is 1.37. The summed E-state index contributed by atoms with van der Waals surface area (Å²) < 4.78 is 33.1. The highest BCUT2D eigenvalue weighted by molar-refractivity contribution is 7.89. The van der Waals surface area contributed by atoms with Crippen molar-refractivity contribution in [3.8, 4) is 11.5 Å². The zero-order valence-electron chi connectivity index (χ0n) is 18.8. The number of carbonyl (C=O) groups excluding carboxylic acids is 1. The Kier molecular flexibility index (Phi) is 6.90. The van der Waals surface area contributed by atoms with Gasteiger partial charge in [0.25, 0.3) is 5.89 Å². The van der Waals surface area contributed by atoms with Gasteiger partial charge in [-0.05, 0) is 55.2 Å². The molecule has 8 nitrogen and oxygen atoms in total. The fraction of sp³-hybridized carbons (Fsp3) is 0.375. The van der Waals surface area contributed by atoms with E-state index in [1.807, 2.05) is 44.2 Å². The Morgan fingerprint density at radius 1 is 1.09 bits per heavy atom. The molecule has 1 aliphatic heterocycles. The second kappa shape index (κ2) is 9.84. The standard InChI is InChI=1S/C24H28N4O4S/c1-17(2)16-22(29)25-20-8-10-21(11-9-20)33(30,31)28-14-12-18(13-15-28)23-26-24(32-27-23)19-6-4-3-5-7-19/h3-11,17-18H,12-16H2,1-2H3,(H,25,29). The molecule has 3 aromatic rings. The number of benzene rings is 2. The summed E-state index contributed by atoms with van der Waals surface area (Å²) in [5.41, 5.74) is 1.45. The minimum absolute atomic E-state index is 0.0520. The van der Waals surface area contributed by atoms with Crippen molar-refractivity contribution in [2.75, 3.05) is 18.4 Å². The van der Waals surface area contributed by atoms with Gasteiger partial charge in [-0.15, -0.1) is 0 Å². The number of sulfonamides is 1. The van der Waals surface area contributed by atoms with E-state index in [4.69, 9.17) is 4.52 Å². The predicted octanol–water partition coefficient (Wildman–Crippen LogP) is 4.29. The van der Waals surface area contributed by atoms with Crippen molar-refractivity contribution in [3.63, 3.8) is 0 Å². The van der Waals surface area contributed by atoms with Crippen LogP contribution in [0.5, 0.6) is 0 Å². The molecule has 0 atom stereocenters. The quantitative estimate of drug-likeness (QED) is 0.555. The lowest BCUT2D eigenvalue weighted by molar-refractivity contribution is -0.116. The van der Waals surface area contributed by atoms with Gasteiger partial charge in [-0.1, -0.05) is 37.2 Å². The third-order valence-electron chi connectivity index (χ3n) is 5.65. The summed E-state index contributed by atoms with van der Waals surface area (Å²) in [5.74, 6) is 1.31. The first kappa shape index (κ1) is 23.1. The van der Waals surface area contributed by atoms with Crippen molar-refractivity contribution in [1.29, 1.82) is 0 Å². The largest absolute Gasteiger partial charge is 0.334 e. The van der Waals surface area contributed by atoms with Gasteiger partial charge in [0.1, 0.15) is 0 Å². The van der Waals surface area contributed by atoms with Crippen molar-refractivity contribution in [2.24, 2.45) is 5.92 Å². The van der Waals surface area contributed by atoms with Gasteiger partial charge in [-0.2, -0.15) is 9.29 Å². The van der Waals surface area contributed by atoms with Crippen LogP contribution in [0.2, 0.25) is 0 Å². The number of amides is 1. The van der Waals surface area contributed by atoms with Crippen molar-refractivity contribution >= 4 is 21.6 Å². The van der Waals surface area contributed by atoms with Crippen molar-refractivity contribution in [2.45, 2.75) is 43.9 Å². The number of hydrogen-bond donors (Lipinski definition) is 1. The molecule has 0 unspecified atom stereocenters. The molecule has 4 rings (SSSR count). The minimum Gasteiger partial charge on any atom is -0.334 e. The van der Waals surface area contributed by atoms with E-state index in [-0.39, 0.29) is 22.6 Å². The molecule has 1 aromatic heterocycles. The summed E-state index contributed by atoms with van der Waals surface area (Å²) in [6.07, 6.45) is 1.66. The van der Waals surface area contributed by atoms with Crippen molar-refractivity contribution in [3.05, 3.63) is 60.4 Å². The number of carbonyl (C=O) groups is 1. The Hall–Kier alpha value is -3.04. The van der Waals surface area contributed by atoms with E-state index in [9.17, 15) is 13.2 Å². The first-order valence-corrected chi connectivity index (χ1v) is 12.6. The fourth-order valence-electron chi connectivity index (χ4n) is 3.90. The SMILES string of the molecule is CC(C)CC(=O)Nc1ccc(S(=O)(=O)N2CCC(c3noc(-c4ccccc4)n3)CC2)cc1. The number of aromatic nitrogens is 2. The molecule has 0 saturated carbocycles. The molecule has 33 heavy (non-hydrogen) atoms. The van der Waals surface area contributed by atoms with Crippen LogP contribution in [0.1, 0.15) is 44.9 Å². The third-order valence-corrected chi connectivity index (χ3v) is 7.56. The van der Waals surface area contributed by atoms with Crippen molar-refractivity contribution in [1.82, 2.24) is 14.4 Å². The average Bonchev–Trinajstić information content (AvgIpc) is 3.30. The van der Waals surface area contributed by atoms with Crippen LogP contribution in [0.4, 0.5) is 5.69 Å². The van der Waals surface area contributed by atoms with E-state index in [2.05, 4.69) is 15.5 Å². The second-order valence-electron chi connectivity index (χ2n) is 8.67. The van der Waals surface area contributed by atoms with Gasteiger partial charge in [0.2, 0.25) is 15.9 Å². The van der Waals surface area contributed by atoms with Crippen molar-refractivity contribution < 1.29 is 17.7 Å². The zero-order chi connectivity index (χ0) is 23.4. The Labute approximate surface area is 194 Å². The predicted molar refractivity (Wildman–Crippen MR) is 125 cm³/mol. The molecule has 1 saturated heterocycles. The molecular weight excluding hydrogens is 440 g/mol. The Morgan fingerprint density at radius 3 is 2.39 bits per heavy atom. The smallest absolute Gasteiger partial charge is 0.257 e. The summed E-state index contributed by atoms with van der Waals surface area (Å²) in [6, 6.07) is 15.9. The van der Waals surface area contributed by atoms with Gasteiger partial charge in [0, 0.05) is 36.7 Å². The molecular formula is C24H28N4O4S. The lowest BCUT2D eigenvalue weighted by atomic mass is 9.97. The number of rotatable bonds is 7. The molecule has 1 N–H and O–H groups in total. The van der Waals surface area contributed by atoms with Crippen LogP contribution in [-0.4, -0.2) is 41.9 Å². The summed E-state index contributed by atoms with van der Waals surface area (Å²) in [6.45, 7) is 4.71. The first-order valence-electron chi connectivity index (χ1n) is 11.1. The monoisotopic (exact) mass is 468 g/mol. The summed E-state index contributed by atoms with van der Waals surface area (Å²) in [7, 11) is -3.61. The van der Waals surface area contributed by atoms with E-state index in [0.717, 1.165) is 5.56 Å². The van der Waals surface area contributed by atoms with Crippen LogP contribution in [0.15, 0.2) is 64.0 Å². The normalized spacial score (nSPS) is 15.6. The van der Waals surface area contributed by atoms with Gasteiger partial charge in [-0.3, -0.25) is 4.79 Å². The molecule has 1 fully saturated rings. The van der Waals surface area contributed by atoms with Gasteiger partial charge >= 0.3 is 0 Å².